The van der Waals surface area contributed by atoms with Crippen LogP contribution in [-0.2, 0) is 13.0 Å². The molecular weight excluding hydrogens is 273 g/mol. The smallest absolute Gasteiger partial charge is 0.157 e. The summed E-state index contributed by atoms with van der Waals surface area (Å²) in [6.45, 7) is 3.00. The van der Waals surface area contributed by atoms with E-state index < -0.39 is 0 Å². The van der Waals surface area contributed by atoms with Gasteiger partial charge in [0, 0.05) is 13.0 Å². The zero-order valence-electron chi connectivity index (χ0n) is 9.90. The van der Waals surface area contributed by atoms with Gasteiger partial charge >= 0.3 is 0 Å². The van der Waals surface area contributed by atoms with E-state index in [2.05, 4.69) is 20.2 Å². The van der Waals surface area contributed by atoms with Crippen LogP contribution in [0.3, 0.4) is 0 Å². The molecule has 0 aliphatic carbocycles. The van der Waals surface area contributed by atoms with Crippen LogP contribution in [-0.4, -0.2) is 19.8 Å². The number of halogens is 2. The highest BCUT2D eigenvalue weighted by molar-refractivity contribution is 6.31. The lowest BCUT2D eigenvalue weighted by atomic mass is 10.3. The van der Waals surface area contributed by atoms with E-state index in [-0.39, 0.29) is 6.04 Å². The van der Waals surface area contributed by atoms with Crippen LogP contribution in [0.15, 0.2) is 22.5 Å². The van der Waals surface area contributed by atoms with Gasteiger partial charge in [0.15, 0.2) is 5.82 Å². The zero-order valence-corrected chi connectivity index (χ0v) is 11.4. The van der Waals surface area contributed by atoms with E-state index in [0.29, 0.717) is 10.3 Å². The monoisotopic (exact) mass is 285 g/mol. The van der Waals surface area contributed by atoms with Gasteiger partial charge in [0.2, 0.25) is 0 Å². The van der Waals surface area contributed by atoms with Crippen molar-refractivity contribution in [3.8, 4) is 0 Å². The van der Waals surface area contributed by atoms with E-state index in [4.69, 9.17) is 23.2 Å². The summed E-state index contributed by atoms with van der Waals surface area (Å²) in [6.07, 6.45) is 5.61. The molecule has 1 unspecified atom stereocenters. The highest BCUT2D eigenvalue weighted by atomic mass is 35.5. The molecule has 2 aliphatic rings. The summed E-state index contributed by atoms with van der Waals surface area (Å²) < 4.78 is 2.16. The molecule has 1 N–H and O–H groups in total. The first-order chi connectivity index (χ1) is 8.66. The Hall–Kier alpha value is -1.20. The number of allylic oxidation sites excluding steroid dienone is 2. The van der Waals surface area contributed by atoms with Crippen LogP contribution < -0.4 is 5.43 Å². The predicted octanol–water partition coefficient (Wildman–Crippen LogP) is 2.27. The molecule has 1 atom stereocenters. The van der Waals surface area contributed by atoms with Crippen molar-refractivity contribution in [1.82, 2.24) is 25.2 Å². The van der Waals surface area contributed by atoms with Crippen LogP contribution >= 0.6 is 23.2 Å². The standard InChI is InChI=1S/C11H13Cl2N5/c1-7(18-9(13)5-4-8(12)16-18)11-15-14-10-3-2-6-17(10)11/h4-5,7,16H,2-3,6H2,1H3. The summed E-state index contributed by atoms with van der Waals surface area (Å²) in [5, 5.41) is 11.4. The van der Waals surface area contributed by atoms with Crippen molar-refractivity contribution < 1.29 is 0 Å². The number of rotatable bonds is 2. The van der Waals surface area contributed by atoms with Gasteiger partial charge < -0.3 is 4.57 Å². The minimum absolute atomic E-state index is 0.0319. The molecule has 1 aromatic rings. The Balaban J connectivity index is 1.89. The number of fused-ring (bicyclic) bond motifs is 1. The quantitative estimate of drug-likeness (QED) is 0.847. The summed E-state index contributed by atoms with van der Waals surface area (Å²) >= 11 is 12.1. The molecule has 7 heteroatoms. The maximum Gasteiger partial charge on any atom is 0.157 e. The molecule has 0 saturated carbocycles. The Morgan fingerprint density at radius 1 is 1.33 bits per heavy atom. The number of hydrogen-bond acceptors (Lipinski definition) is 4. The average molecular weight is 286 g/mol. The highest BCUT2D eigenvalue weighted by Gasteiger charge is 2.27. The van der Waals surface area contributed by atoms with Crippen molar-refractivity contribution in [3.63, 3.8) is 0 Å². The van der Waals surface area contributed by atoms with Gasteiger partial charge in [-0.1, -0.05) is 23.2 Å². The molecule has 0 saturated heterocycles. The molecular formula is C11H13Cl2N5. The molecule has 5 nitrogen and oxygen atoms in total. The van der Waals surface area contributed by atoms with E-state index in [1.165, 1.54) is 0 Å². The summed E-state index contributed by atoms with van der Waals surface area (Å²) in [5.41, 5.74) is 3.02. The number of nitrogens with zero attached hydrogens (tertiary/aromatic N) is 4. The van der Waals surface area contributed by atoms with Gasteiger partial charge in [-0.05, 0) is 25.5 Å². The molecule has 18 heavy (non-hydrogen) atoms. The third-order valence-electron chi connectivity index (χ3n) is 3.22. The van der Waals surface area contributed by atoms with Crippen molar-refractivity contribution in [2.75, 3.05) is 0 Å². The molecule has 0 fully saturated rings. The second-order valence-electron chi connectivity index (χ2n) is 4.39. The van der Waals surface area contributed by atoms with Crippen LogP contribution in [0.1, 0.15) is 31.0 Å². The Kier molecular flexibility index (Phi) is 2.95. The van der Waals surface area contributed by atoms with E-state index in [1.807, 2.05) is 6.92 Å². The summed E-state index contributed by atoms with van der Waals surface area (Å²) in [6, 6.07) is -0.0319. The fourth-order valence-corrected chi connectivity index (χ4v) is 2.71. The second kappa shape index (κ2) is 4.48. The van der Waals surface area contributed by atoms with E-state index in [9.17, 15) is 0 Å². The van der Waals surface area contributed by atoms with Crippen molar-refractivity contribution in [1.29, 1.82) is 0 Å². The van der Waals surface area contributed by atoms with Crippen LogP contribution in [0.5, 0.6) is 0 Å². The van der Waals surface area contributed by atoms with Crippen LogP contribution in [0.25, 0.3) is 0 Å². The van der Waals surface area contributed by atoms with Gasteiger partial charge in [-0.2, -0.15) is 0 Å². The maximum atomic E-state index is 6.17. The third kappa shape index (κ3) is 1.87. The van der Waals surface area contributed by atoms with Gasteiger partial charge in [0.05, 0.1) is 0 Å². The predicted molar refractivity (Wildman–Crippen MR) is 69.6 cm³/mol. The lowest BCUT2D eigenvalue weighted by molar-refractivity contribution is 0.216. The fourth-order valence-electron chi connectivity index (χ4n) is 2.31. The summed E-state index contributed by atoms with van der Waals surface area (Å²) in [7, 11) is 0. The molecule has 1 aromatic heterocycles. The Bertz CT molecular complexity index is 534. The minimum atomic E-state index is -0.0319. The van der Waals surface area contributed by atoms with Crippen LogP contribution in [0, 0.1) is 0 Å². The second-order valence-corrected chi connectivity index (χ2v) is 5.19. The first-order valence-electron chi connectivity index (χ1n) is 5.87. The van der Waals surface area contributed by atoms with Gasteiger partial charge in [-0.15, -0.1) is 10.2 Å². The number of nitrogens with one attached hydrogen (secondary N) is 1. The van der Waals surface area contributed by atoms with Crippen LogP contribution in [0.2, 0.25) is 0 Å². The highest BCUT2D eigenvalue weighted by Crippen LogP contribution is 2.28. The number of hydrazine groups is 1. The molecule has 0 radical (unpaired) electrons. The first kappa shape index (κ1) is 11.9. The van der Waals surface area contributed by atoms with Crippen molar-refractivity contribution in [2.45, 2.75) is 32.4 Å². The van der Waals surface area contributed by atoms with Crippen molar-refractivity contribution in [2.24, 2.45) is 0 Å². The molecule has 3 heterocycles. The minimum Gasteiger partial charge on any atom is -0.313 e. The molecule has 0 spiro atoms. The lowest BCUT2D eigenvalue weighted by Gasteiger charge is -2.32. The summed E-state index contributed by atoms with van der Waals surface area (Å²) in [4.78, 5) is 0. The fraction of sp³-hybridized carbons (Fsp3) is 0.455. The van der Waals surface area contributed by atoms with E-state index in [0.717, 1.165) is 31.0 Å². The average Bonchev–Trinajstić information content (AvgIpc) is 2.93. The maximum absolute atomic E-state index is 6.17. The number of aryl methyl sites for hydroxylation is 1. The van der Waals surface area contributed by atoms with Gasteiger partial charge in [0.25, 0.3) is 0 Å². The largest absolute Gasteiger partial charge is 0.313 e. The molecule has 0 aromatic carbocycles. The van der Waals surface area contributed by atoms with Crippen LogP contribution in [0.4, 0.5) is 0 Å². The molecule has 3 rings (SSSR count). The van der Waals surface area contributed by atoms with Gasteiger partial charge in [0.1, 0.15) is 22.2 Å². The Morgan fingerprint density at radius 3 is 3.00 bits per heavy atom. The van der Waals surface area contributed by atoms with Crippen molar-refractivity contribution in [3.05, 3.63) is 34.1 Å². The van der Waals surface area contributed by atoms with Gasteiger partial charge in [-0.3, -0.25) is 10.4 Å². The Labute approximate surface area is 115 Å². The first-order valence-corrected chi connectivity index (χ1v) is 6.63. The van der Waals surface area contributed by atoms with Gasteiger partial charge in [-0.25, -0.2) is 0 Å². The topological polar surface area (TPSA) is 46.0 Å². The number of aromatic nitrogens is 3. The van der Waals surface area contributed by atoms with E-state index in [1.54, 1.807) is 17.2 Å². The third-order valence-corrected chi connectivity index (χ3v) is 3.74. The van der Waals surface area contributed by atoms with Crippen molar-refractivity contribution >= 4 is 23.2 Å². The molecule has 96 valence electrons. The molecule has 2 aliphatic heterocycles. The SMILES string of the molecule is CC(c1nnc2n1CCC2)N1NC(Cl)=CC=C1Cl. The van der Waals surface area contributed by atoms with E-state index >= 15 is 0 Å². The number of hydrogen-bond donors (Lipinski definition) is 1. The lowest BCUT2D eigenvalue weighted by Crippen LogP contribution is -2.38. The Morgan fingerprint density at radius 2 is 2.17 bits per heavy atom. The molecule has 0 amide bonds. The normalized spacial score (nSPS) is 20.1. The zero-order chi connectivity index (χ0) is 12.7. The summed E-state index contributed by atoms with van der Waals surface area (Å²) in [5.74, 6) is 1.96. The molecule has 0 bridgehead atoms.